The number of thiazole rings is 1. The number of sulfonamides is 1. The molecule has 5 aromatic rings. The Morgan fingerprint density at radius 3 is 2.47 bits per heavy atom. The lowest BCUT2D eigenvalue weighted by molar-refractivity contribution is 0.102. The number of anilines is 2. The Morgan fingerprint density at radius 2 is 1.71 bits per heavy atom. The normalized spacial score (nSPS) is 11.3. The van der Waals surface area contributed by atoms with Crippen molar-refractivity contribution in [1.82, 2.24) is 4.98 Å². The summed E-state index contributed by atoms with van der Waals surface area (Å²) in [5.41, 5.74) is 1.95. The fourth-order valence-corrected chi connectivity index (χ4v) is 5.97. The number of benzene rings is 4. The Morgan fingerprint density at radius 1 is 0.947 bits per heavy atom. The molecule has 0 aliphatic carbocycles. The van der Waals surface area contributed by atoms with Crippen molar-refractivity contribution in [2.45, 2.75) is 11.8 Å². The van der Waals surface area contributed by atoms with Crippen LogP contribution in [-0.2, 0) is 10.0 Å². The summed E-state index contributed by atoms with van der Waals surface area (Å²) in [6, 6.07) is 22.9. The van der Waals surface area contributed by atoms with Crippen LogP contribution in [0.1, 0.15) is 15.9 Å². The summed E-state index contributed by atoms with van der Waals surface area (Å²) >= 11 is 13.6. The van der Waals surface area contributed by atoms with Gasteiger partial charge < -0.3 is 4.74 Å². The molecule has 2 N–H and O–H groups in total. The molecule has 0 unspecified atom stereocenters. The first-order valence-corrected chi connectivity index (χ1v) is 14.3. The van der Waals surface area contributed by atoms with Gasteiger partial charge in [0.2, 0.25) is 0 Å². The van der Waals surface area contributed by atoms with Crippen molar-refractivity contribution in [3.8, 4) is 11.5 Å². The molecule has 0 bridgehead atoms. The second-order valence-electron chi connectivity index (χ2n) is 8.24. The van der Waals surface area contributed by atoms with Gasteiger partial charge in [-0.15, -0.1) is 0 Å². The minimum absolute atomic E-state index is 0.0214. The lowest BCUT2D eigenvalue weighted by Gasteiger charge is -2.13. The molecule has 0 atom stereocenters. The predicted molar refractivity (Wildman–Crippen MR) is 153 cm³/mol. The number of aromatic nitrogens is 1. The molecule has 192 valence electrons. The van der Waals surface area contributed by atoms with Crippen LogP contribution < -0.4 is 14.8 Å². The van der Waals surface area contributed by atoms with Crippen molar-refractivity contribution >= 4 is 71.5 Å². The van der Waals surface area contributed by atoms with Gasteiger partial charge >= 0.3 is 0 Å². The lowest BCUT2D eigenvalue weighted by Crippen LogP contribution is -2.18. The largest absolute Gasteiger partial charge is 0.456 e. The minimum Gasteiger partial charge on any atom is -0.456 e. The molecule has 11 heteroatoms. The second-order valence-corrected chi connectivity index (χ2v) is 11.8. The second kappa shape index (κ2) is 10.6. The van der Waals surface area contributed by atoms with Crippen LogP contribution in [0.15, 0.2) is 89.8 Å². The zero-order valence-electron chi connectivity index (χ0n) is 19.7. The van der Waals surface area contributed by atoms with Crippen molar-refractivity contribution < 1.29 is 17.9 Å². The lowest BCUT2D eigenvalue weighted by atomic mass is 10.1. The molecule has 5 rings (SSSR count). The van der Waals surface area contributed by atoms with E-state index in [0.29, 0.717) is 21.7 Å². The van der Waals surface area contributed by atoms with Gasteiger partial charge in [-0.2, -0.15) is 0 Å². The van der Waals surface area contributed by atoms with E-state index < -0.39 is 15.9 Å². The molecule has 0 aliphatic heterocycles. The van der Waals surface area contributed by atoms with Crippen LogP contribution in [0.5, 0.6) is 11.5 Å². The Kier molecular flexibility index (Phi) is 7.27. The molecule has 0 saturated heterocycles. The third kappa shape index (κ3) is 5.76. The summed E-state index contributed by atoms with van der Waals surface area (Å²) in [7, 11) is -4.05. The van der Waals surface area contributed by atoms with Gasteiger partial charge in [-0.1, -0.05) is 52.7 Å². The van der Waals surface area contributed by atoms with Crippen molar-refractivity contribution in [1.29, 1.82) is 0 Å². The number of aryl methyl sites for hydroxylation is 1. The van der Waals surface area contributed by atoms with Crippen LogP contribution in [0, 0.1) is 6.92 Å². The van der Waals surface area contributed by atoms with Gasteiger partial charge in [0.1, 0.15) is 11.5 Å². The summed E-state index contributed by atoms with van der Waals surface area (Å²) in [5.74, 6) is 0.307. The molecule has 38 heavy (non-hydrogen) atoms. The summed E-state index contributed by atoms with van der Waals surface area (Å²) in [6.07, 6.45) is 0. The number of halogens is 2. The Balaban J connectivity index is 1.36. The number of fused-ring (bicyclic) bond motifs is 1. The van der Waals surface area contributed by atoms with Crippen LogP contribution >= 0.6 is 34.5 Å². The third-order valence-electron chi connectivity index (χ3n) is 5.43. The first kappa shape index (κ1) is 26.0. The summed E-state index contributed by atoms with van der Waals surface area (Å²) in [5, 5.41) is 3.84. The maximum absolute atomic E-state index is 13.1. The predicted octanol–water partition coefficient (Wildman–Crippen LogP) is 7.76. The van der Waals surface area contributed by atoms with Crippen LogP contribution in [0.2, 0.25) is 10.0 Å². The molecule has 0 radical (unpaired) electrons. The number of carbonyl (C=O) groups excluding carboxylic acids is 1. The van der Waals surface area contributed by atoms with E-state index in [-0.39, 0.29) is 21.2 Å². The number of nitrogens with one attached hydrogen (secondary N) is 2. The van der Waals surface area contributed by atoms with Crippen molar-refractivity contribution in [3.05, 3.63) is 106 Å². The smallest absolute Gasteiger partial charge is 0.261 e. The van der Waals surface area contributed by atoms with E-state index in [1.54, 1.807) is 24.3 Å². The van der Waals surface area contributed by atoms with E-state index in [1.807, 2.05) is 25.1 Å². The highest BCUT2D eigenvalue weighted by Crippen LogP contribution is 2.31. The van der Waals surface area contributed by atoms with E-state index in [2.05, 4.69) is 15.0 Å². The maximum atomic E-state index is 13.1. The van der Waals surface area contributed by atoms with E-state index in [0.717, 1.165) is 15.8 Å². The number of para-hydroxylation sites is 1. The molecule has 0 spiro atoms. The van der Waals surface area contributed by atoms with Gasteiger partial charge in [0, 0.05) is 5.02 Å². The fourth-order valence-electron chi connectivity index (χ4n) is 3.59. The van der Waals surface area contributed by atoms with E-state index in [4.69, 9.17) is 27.9 Å². The van der Waals surface area contributed by atoms with Gasteiger partial charge in [-0.05, 0) is 79.2 Å². The molecule has 0 saturated carbocycles. The van der Waals surface area contributed by atoms with Gasteiger partial charge in [0.25, 0.3) is 15.9 Å². The maximum Gasteiger partial charge on any atom is 0.261 e. The molecule has 0 fully saturated rings. The molecular formula is C27H19Cl2N3O4S2. The van der Waals surface area contributed by atoms with E-state index in [9.17, 15) is 13.2 Å². The summed E-state index contributed by atoms with van der Waals surface area (Å²) < 4.78 is 35.4. The number of rotatable bonds is 7. The highest BCUT2D eigenvalue weighted by molar-refractivity contribution is 7.92. The highest BCUT2D eigenvalue weighted by Gasteiger charge is 2.21. The number of amides is 1. The highest BCUT2D eigenvalue weighted by atomic mass is 35.5. The van der Waals surface area contributed by atoms with Gasteiger partial charge in [0.05, 0.1) is 31.4 Å². The SMILES string of the molecule is Cc1ccc2nc(NC(=O)c3cc(Cl)ccc3NS(=O)(=O)c3ccc(Oc4ccccc4Cl)cc3)sc2c1. The molecule has 4 aromatic carbocycles. The van der Waals surface area contributed by atoms with Crippen LogP contribution in [-0.4, -0.2) is 19.3 Å². The number of nitrogens with zero attached hydrogens (tertiary/aromatic N) is 1. The topological polar surface area (TPSA) is 97.4 Å². The summed E-state index contributed by atoms with van der Waals surface area (Å²) in [6.45, 7) is 1.97. The standard InChI is InChI=1S/C27H19Cl2N3O4S2/c1-16-6-12-23-25(14-16)37-27(30-23)31-26(33)20-15-17(28)7-13-22(20)32-38(34,35)19-10-8-18(9-11-19)36-24-5-3-2-4-21(24)29/h2-15,32H,1H3,(H,30,31,33). The average molecular weight is 585 g/mol. The minimum atomic E-state index is -4.05. The Bertz CT molecular complexity index is 1770. The first-order chi connectivity index (χ1) is 18.2. The Hall–Kier alpha value is -3.63. The van der Waals surface area contributed by atoms with Gasteiger partial charge in [-0.3, -0.25) is 14.8 Å². The number of ether oxygens (including phenoxy) is 1. The first-order valence-electron chi connectivity index (χ1n) is 11.2. The van der Waals surface area contributed by atoms with Crippen LogP contribution in [0.4, 0.5) is 10.8 Å². The van der Waals surface area contributed by atoms with Crippen molar-refractivity contribution in [2.75, 3.05) is 10.0 Å². The fraction of sp³-hybridized carbons (Fsp3) is 0.0370. The van der Waals surface area contributed by atoms with Gasteiger partial charge in [0.15, 0.2) is 5.13 Å². The van der Waals surface area contributed by atoms with E-state index in [1.165, 1.54) is 53.8 Å². The zero-order valence-corrected chi connectivity index (χ0v) is 22.9. The molecule has 1 heterocycles. The molecule has 7 nitrogen and oxygen atoms in total. The number of hydrogen-bond acceptors (Lipinski definition) is 6. The molecule has 0 aliphatic rings. The molecular weight excluding hydrogens is 565 g/mol. The van der Waals surface area contributed by atoms with Gasteiger partial charge in [-0.25, -0.2) is 13.4 Å². The quantitative estimate of drug-likeness (QED) is 0.204. The number of hydrogen-bond donors (Lipinski definition) is 2. The molecule has 1 aromatic heterocycles. The summed E-state index contributed by atoms with van der Waals surface area (Å²) in [4.78, 5) is 17.5. The molecule has 1 amide bonds. The van der Waals surface area contributed by atoms with Crippen molar-refractivity contribution in [2.24, 2.45) is 0 Å². The Labute approximate surface area is 233 Å². The third-order valence-corrected chi connectivity index (χ3v) is 8.30. The van der Waals surface area contributed by atoms with Crippen molar-refractivity contribution in [3.63, 3.8) is 0 Å². The number of carbonyl (C=O) groups is 1. The van der Waals surface area contributed by atoms with Crippen LogP contribution in [0.3, 0.4) is 0 Å². The van der Waals surface area contributed by atoms with Crippen LogP contribution in [0.25, 0.3) is 10.2 Å². The zero-order chi connectivity index (χ0) is 26.9. The monoisotopic (exact) mass is 583 g/mol. The van der Waals surface area contributed by atoms with E-state index >= 15 is 0 Å². The average Bonchev–Trinajstić information content (AvgIpc) is 3.28.